The fourth-order valence-corrected chi connectivity index (χ4v) is 4.19. The van der Waals surface area contributed by atoms with Crippen LogP contribution < -0.4 is 17.0 Å². The molecule has 2 heterocycles. The maximum atomic E-state index is 12.9. The summed E-state index contributed by atoms with van der Waals surface area (Å²) in [4.78, 5) is 33.1. The van der Waals surface area contributed by atoms with E-state index in [9.17, 15) is 22.8 Å². The highest BCUT2D eigenvalue weighted by Crippen LogP contribution is 2.33. The second-order valence-electron chi connectivity index (χ2n) is 8.06. The van der Waals surface area contributed by atoms with Crippen LogP contribution >= 0.6 is 11.3 Å². The van der Waals surface area contributed by atoms with Crippen molar-refractivity contribution in [1.29, 1.82) is 5.41 Å². The number of carboxylic acid groups (broad SMARTS) is 1. The number of aliphatic carboxylic acids is 1. The first kappa shape index (κ1) is 28.0. The molecule has 0 saturated carbocycles. The van der Waals surface area contributed by atoms with Gasteiger partial charge in [0.2, 0.25) is 5.96 Å². The second kappa shape index (κ2) is 11.2. The number of aromatic nitrogens is 3. The van der Waals surface area contributed by atoms with Crippen LogP contribution in [0.5, 0.6) is 0 Å². The Morgan fingerprint density at radius 1 is 1.18 bits per heavy atom. The number of nitrogens with one attached hydrogen (secondary N) is 1. The maximum Gasteiger partial charge on any atom is 0.416 e. The highest BCUT2D eigenvalue weighted by molar-refractivity contribution is 7.18. The highest BCUT2D eigenvalue weighted by Gasteiger charge is 2.30. The van der Waals surface area contributed by atoms with E-state index in [0.29, 0.717) is 20.5 Å². The molecular formula is C23H23F3N8O3S. The molecule has 6 N–H and O–H groups in total. The minimum absolute atomic E-state index is 0.0724. The van der Waals surface area contributed by atoms with Crippen LogP contribution in [0.2, 0.25) is 0 Å². The molecule has 0 atom stereocenters. The molecule has 0 radical (unpaired) electrons. The van der Waals surface area contributed by atoms with Crippen LogP contribution in [-0.2, 0) is 23.9 Å². The topological polar surface area (TPSA) is 177 Å². The monoisotopic (exact) mass is 548 g/mol. The Morgan fingerprint density at radius 2 is 1.84 bits per heavy atom. The molecule has 38 heavy (non-hydrogen) atoms. The van der Waals surface area contributed by atoms with Gasteiger partial charge in [0.05, 0.1) is 39.8 Å². The molecule has 0 bridgehead atoms. The zero-order chi connectivity index (χ0) is 28.2. The van der Waals surface area contributed by atoms with E-state index in [1.54, 1.807) is 43.3 Å². The molecule has 2 aromatic heterocycles. The molecule has 0 aliphatic rings. The van der Waals surface area contributed by atoms with Gasteiger partial charge in [-0.25, -0.2) is 9.67 Å². The van der Waals surface area contributed by atoms with Crippen molar-refractivity contribution in [1.82, 2.24) is 19.7 Å². The number of carbonyl (C=O) groups is 1. The summed E-state index contributed by atoms with van der Waals surface area (Å²) in [6, 6.07) is 9.83. The Morgan fingerprint density at radius 3 is 2.39 bits per heavy atom. The summed E-state index contributed by atoms with van der Waals surface area (Å²) in [5.74, 6) is -1.13. The Balaban J connectivity index is 0.000000383. The van der Waals surface area contributed by atoms with Gasteiger partial charge in [-0.15, -0.1) is 11.3 Å². The van der Waals surface area contributed by atoms with Gasteiger partial charge in [0.25, 0.3) is 5.56 Å². The van der Waals surface area contributed by atoms with Gasteiger partial charge in [-0.05, 0) is 24.3 Å². The third kappa shape index (κ3) is 6.82. The largest absolute Gasteiger partial charge is 0.481 e. The Labute approximate surface area is 217 Å². The van der Waals surface area contributed by atoms with E-state index in [1.807, 2.05) is 0 Å². The third-order valence-electron chi connectivity index (χ3n) is 5.00. The molecule has 4 rings (SSSR count). The number of benzene rings is 2. The summed E-state index contributed by atoms with van der Waals surface area (Å²) in [7, 11) is 3.45. The fourth-order valence-electron chi connectivity index (χ4n) is 3.26. The SMILES string of the molecule is CN(C)C(N)=NC(=N)N.O=C(O)Cc1nn(Cc2nc3cc(C(F)(F)F)ccc3s2)c(=O)c2ccccc12. The normalized spacial score (nSPS) is 11.8. The van der Waals surface area contributed by atoms with Gasteiger partial charge in [0, 0.05) is 19.5 Å². The maximum absolute atomic E-state index is 12.9. The molecule has 0 aliphatic carbocycles. The number of fused-ring (bicyclic) bond motifs is 2. The summed E-state index contributed by atoms with van der Waals surface area (Å²) in [5.41, 5.74) is 9.38. The van der Waals surface area contributed by atoms with Crippen molar-refractivity contribution < 1.29 is 23.1 Å². The van der Waals surface area contributed by atoms with E-state index in [1.165, 1.54) is 6.07 Å². The highest BCUT2D eigenvalue weighted by atomic mass is 32.1. The van der Waals surface area contributed by atoms with Crippen molar-refractivity contribution in [2.24, 2.45) is 16.5 Å². The number of aliphatic imine (C=N–C) groups is 1. The van der Waals surface area contributed by atoms with E-state index >= 15 is 0 Å². The first-order valence-electron chi connectivity index (χ1n) is 10.8. The van der Waals surface area contributed by atoms with Crippen LogP contribution in [-0.4, -0.2) is 56.8 Å². The van der Waals surface area contributed by atoms with Crippen molar-refractivity contribution in [2.75, 3.05) is 14.1 Å². The molecule has 0 fully saturated rings. The van der Waals surface area contributed by atoms with Crippen molar-refractivity contribution in [3.63, 3.8) is 0 Å². The van der Waals surface area contributed by atoms with Crippen LogP contribution in [0.3, 0.4) is 0 Å². The molecule has 0 spiro atoms. The molecule has 11 nitrogen and oxygen atoms in total. The number of nitrogens with two attached hydrogens (primary N) is 2. The van der Waals surface area contributed by atoms with Crippen LogP contribution in [0.1, 0.15) is 16.3 Å². The summed E-state index contributed by atoms with van der Waals surface area (Å²) in [5, 5.41) is 21.2. The number of nitrogens with zero attached hydrogens (tertiary/aromatic N) is 5. The molecule has 4 aromatic rings. The molecule has 0 aliphatic heterocycles. The summed E-state index contributed by atoms with van der Waals surface area (Å²) < 4.78 is 40.3. The number of thiazole rings is 1. The van der Waals surface area contributed by atoms with Crippen LogP contribution in [0.25, 0.3) is 21.0 Å². The Hall–Kier alpha value is -4.53. The second-order valence-corrected chi connectivity index (χ2v) is 9.18. The first-order valence-corrected chi connectivity index (χ1v) is 11.6. The Kier molecular flexibility index (Phi) is 8.30. The minimum atomic E-state index is -4.47. The lowest BCUT2D eigenvalue weighted by molar-refractivity contribution is -0.138. The fraction of sp³-hybridized carbons (Fsp3) is 0.217. The molecular weight excluding hydrogens is 525 g/mol. The predicted octanol–water partition coefficient (Wildman–Crippen LogP) is 2.46. The zero-order valence-electron chi connectivity index (χ0n) is 20.2. The van der Waals surface area contributed by atoms with Crippen LogP contribution in [0.4, 0.5) is 13.2 Å². The lowest BCUT2D eigenvalue weighted by atomic mass is 10.1. The number of carboxylic acids is 1. The summed E-state index contributed by atoms with van der Waals surface area (Å²) >= 11 is 1.15. The number of hydrogen-bond donors (Lipinski definition) is 4. The predicted molar refractivity (Wildman–Crippen MR) is 138 cm³/mol. The minimum Gasteiger partial charge on any atom is -0.481 e. The Bertz CT molecular complexity index is 1590. The van der Waals surface area contributed by atoms with Gasteiger partial charge in [0.1, 0.15) is 5.01 Å². The lowest BCUT2D eigenvalue weighted by Crippen LogP contribution is -2.32. The van der Waals surface area contributed by atoms with E-state index in [2.05, 4.69) is 15.1 Å². The van der Waals surface area contributed by atoms with Gasteiger partial charge < -0.3 is 21.5 Å². The zero-order valence-corrected chi connectivity index (χ0v) is 21.0. The van der Waals surface area contributed by atoms with E-state index in [4.69, 9.17) is 22.0 Å². The quantitative estimate of drug-likeness (QED) is 0.222. The average molecular weight is 549 g/mol. The molecule has 15 heteroatoms. The standard InChI is InChI=1S/C19H12F3N3O3S.C4H11N5/c20-19(21,22)10-5-6-15-14(7-10)23-16(29-15)9-25-18(28)12-4-2-1-3-11(12)13(24-25)8-17(26)27;1-9(2)4(7)8-3(5)6/h1-7H,8-9H2,(H,26,27);1-2H3,(H5,5,6,7,8). The van der Waals surface area contributed by atoms with E-state index < -0.39 is 23.3 Å². The molecule has 0 amide bonds. The van der Waals surface area contributed by atoms with Gasteiger partial charge in [-0.1, -0.05) is 18.2 Å². The van der Waals surface area contributed by atoms with Crippen LogP contribution in [0.15, 0.2) is 52.3 Å². The third-order valence-corrected chi connectivity index (χ3v) is 6.02. The number of guanidine groups is 2. The number of alkyl halides is 3. The van der Waals surface area contributed by atoms with Crippen molar-refractivity contribution >= 4 is 50.2 Å². The van der Waals surface area contributed by atoms with Gasteiger partial charge in [-0.2, -0.15) is 23.3 Å². The van der Waals surface area contributed by atoms with E-state index in [0.717, 1.165) is 28.2 Å². The molecule has 2 aromatic carbocycles. The average Bonchev–Trinajstić information content (AvgIpc) is 3.23. The van der Waals surface area contributed by atoms with Crippen molar-refractivity contribution in [3.8, 4) is 0 Å². The smallest absolute Gasteiger partial charge is 0.416 e. The molecule has 0 unspecified atom stereocenters. The van der Waals surface area contributed by atoms with Crippen LogP contribution in [0, 0.1) is 5.41 Å². The summed E-state index contributed by atoms with van der Waals surface area (Å²) in [6.07, 6.45) is -4.84. The number of rotatable bonds is 4. The number of hydrogen-bond acceptors (Lipinski definition) is 6. The van der Waals surface area contributed by atoms with Crippen molar-refractivity contribution in [2.45, 2.75) is 19.1 Å². The molecule has 200 valence electrons. The van der Waals surface area contributed by atoms with E-state index in [-0.39, 0.29) is 36.1 Å². The number of halogens is 3. The van der Waals surface area contributed by atoms with Gasteiger partial charge in [-0.3, -0.25) is 15.0 Å². The molecule has 0 saturated heterocycles. The van der Waals surface area contributed by atoms with Gasteiger partial charge in [0.15, 0.2) is 5.96 Å². The summed E-state index contributed by atoms with van der Waals surface area (Å²) in [6.45, 7) is -0.0724. The first-order chi connectivity index (χ1) is 17.8. The van der Waals surface area contributed by atoms with Crippen molar-refractivity contribution in [3.05, 3.63) is 69.1 Å². The van der Waals surface area contributed by atoms with Gasteiger partial charge >= 0.3 is 12.1 Å². The lowest BCUT2D eigenvalue weighted by Gasteiger charge is -2.08.